The average molecular weight is 793 g/mol. The van der Waals surface area contributed by atoms with Gasteiger partial charge >= 0.3 is 0 Å². The minimum atomic E-state index is -1.41. The molecule has 0 spiro atoms. The van der Waals surface area contributed by atoms with Gasteiger partial charge in [0, 0.05) is 10.8 Å². The molecule has 0 fully saturated rings. The van der Waals surface area contributed by atoms with Crippen molar-refractivity contribution in [1.82, 2.24) is 41.9 Å². The van der Waals surface area contributed by atoms with Gasteiger partial charge < -0.3 is 42.1 Å². The van der Waals surface area contributed by atoms with Gasteiger partial charge in [0.25, 0.3) is 11.8 Å². The molecular weight excluding hydrogens is 737 g/mol. The van der Waals surface area contributed by atoms with Gasteiger partial charge in [-0.1, -0.05) is 68.2 Å². The van der Waals surface area contributed by atoms with E-state index < -0.39 is 83.9 Å². The van der Waals surface area contributed by atoms with E-state index in [1.165, 1.54) is 24.6 Å². The Morgan fingerprint density at radius 1 is 0.519 bits per heavy atom. The third-order valence-corrected chi connectivity index (χ3v) is 11.5. The van der Waals surface area contributed by atoms with E-state index in [0.717, 1.165) is 22.7 Å². The van der Waals surface area contributed by atoms with E-state index in [2.05, 4.69) is 41.9 Å². The van der Waals surface area contributed by atoms with Gasteiger partial charge in [0.1, 0.15) is 45.6 Å². The summed E-state index contributed by atoms with van der Waals surface area (Å²) in [5.41, 5.74) is -0.0178. The lowest BCUT2D eigenvalue weighted by molar-refractivity contribution is -0.133. The van der Waals surface area contributed by atoms with Crippen molar-refractivity contribution < 1.29 is 39.0 Å². The molecule has 0 aliphatic carbocycles. The minimum Gasteiger partial charge on any atom is -0.391 e. The van der Waals surface area contributed by atoms with Crippen LogP contribution in [-0.4, -0.2) is 92.0 Å². The molecule has 0 radical (unpaired) electrons. The first kappa shape index (κ1) is 44.4. The van der Waals surface area contributed by atoms with Crippen LogP contribution in [0.3, 0.4) is 0 Å². The predicted molar refractivity (Wildman–Crippen MR) is 204 cm³/mol. The van der Waals surface area contributed by atoms with E-state index in [0.29, 0.717) is 22.9 Å². The summed E-state index contributed by atoms with van der Waals surface area (Å²) in [6.45, 7) is 17.3. The van der Waals surface area contributed by atoms with Crippen molar-refractivity contribution in [2.24, 2.45) is 23.7 Å². The molecule has 10 atom stereocenters. The zero-order valence-electron chi connectivity index (χ0n) is 32.6. The Kier molecular flexibility index (Phi) is 16.1. The normalized spacial score (nSPS) is 26.3. The molecule has 4 bridgehead atoms. The molecule has 16 nitrogen and oxygen atoms in total. The van der Waals surface area contributed by atoms with Crippen LogP contribution >= 0.6 is 22.7 Å². The maximum atomic E-state index is 13.7. The Hall–Kier alpha value is -4.00. The highest BCUT2D eigenvalue weighted by molar-refractivity contribution is 7.10. The molecule has 3 heterocycles. The molecule has 54 heavy (non-hydrogen) atoms. The summed E-state index contributed by atoms with van der Waals surface area (Å²) in [5, 5.41) is 41.5. The molecule has 0 aromatic carbocycles. The van der Waals surface area contributed by atoms with Gasteiger partial charge in [-0.2, -0.15) is 0 Å². The van der Waals surface area contributed by atoms with Crippen molar-refractivity contribution in [3.05, 3.63) is 32.2 Å². The van der Waals surface area contributed by atoms with E-state index in [4.69, 9.17) is 0 Å². The zero-order chi connectivity index (χ0) is 40.6. The van der Waals surface area contributed by atoms with Gasteiger partial charge in [0.2, 0.25) is 23.6 Å². The highest BCUT2D eigenvalue weighted by Crippen LogP contribution is 2.27. The Morgan fingerprint density at radius 2 is 0.815 bits per heavy atom. The number of carbonyl (C=O) groups is 6. The molecule has 2 unspecified atom stereocenters. The number of aliphatic hydroxyl groups is 2. The first-order chi connectivity index (χ1) is 25.3. The summed E-state index contributed by atoms with van der Waals surface area (Å²) in [5.74, 6) is -5.36. The number of nitrogens with one attached hydrogen (secondary N) is 6. The number of fused-ring (bicyclic) bond motifs is 4. The second-order valence-corrected chi connectivity index (χ2v) is 16.5. The average Bonchev–Trinajstić information content (AvgIpc) is 3.81. The summed E-state index contributed by atoms with van der Waals surface area (Å²) in [7, 11) is 0. The highest BCUT2D eigenvalue weighted by atomic mass is 32.1. The standard InChI is InChI=1S/C36H56N8O8S2/c1-11-17(7)25-31(49)43-27(19(9)45)33(51)39-24(16(5)6)36-38-22(14-54-36)30(48)42-26(18(8)12-2)32(50)44-28(20(10)46)34(52)40-23(15(3)4)35-37-21(13-53-35)29(47)41-25/h13-20,23-28,45-46H,11-12H2,1-10H3,(H,39,51)(H,40,52)(H,41,47)(H,42,48)(H,43,49)(H,44,50)/t17?,18?,19-,20-,23-,24+,25+,26+,27+,28+/m1/s1. The summed E-state index contributed by atoms with van der Waals surface area (Å²) < 4.78 is 0. The second-order valence-electron chi connectivity index (χ2n) is 14.7. The summed E-state index contributed by atoms with van der Waals surface area (Å²) in [4.78, 5) is 90.9. The summed E-state index contributed by atoms with van der Waals surface area (Å²) in [6, 6.07) is -6.49. The first-order valence-corrected chi connectivity index (χ1v) is 20.2. The molecule has 0 saturated carbocycles. The quantitative estimate of drug-likeness (QED) is 0.193. The van der Waals surface area contributed by atoms with Gasteiger partial charge in [-0.3, -0.25) is 28.8 Å². The Bertz CT molecular complexity index is 1520. The number of hydrogen-bond acceptors (Lipinski definition) is 12. The topological polar surface area (TPSA) is 241 Å². The van der Waals surface area contributed by atoms with E-state index in [1.807, 2.05) is 41.5 Å². The fourth-order valence-corrected chi connectivity index (χ4v) is 7.76. The Labute approximate surface area is 324 Å². The van der Waals surface area contributed by atoms with Crippen LogP contribution < -0.4 is 31.9 Å². The van der Waals surface area contributed by atoms with Crippen molar-refractivity contribution in [3.63, 3.8) is 0 Å². The number of hydrogen-bond donors (Lipinski definition) is 8. The van der Waals surface area contributed by atoms with Crippen molar-refractivity contribution in [3.8, 4) is 0 Å². The molecule has 1 aliphatic heterocycles. The molecule has 2 aromatic heterocycles. The van der Waals surface area contributed by atoms with Crippen molar-refractivity contribution in [2.45, 2.75) is 131 Å². The first-order valence-electron chi connectivity index (χ1n) is 18.4. The maximum Gasteiger partial charge on any atom is 0.271 e. The Balaban J connectivity index is 2.13. The molecule has 0 saturated heterocycles. The molecule has 1 aliphatic rings. The van der Waals surface area contributed by atoms with Gasteiger partial charge in [-0.05, 0) is 37.5 Å². The number of carbonyl (C=O) groups excluding carboxylic acids is 6. The second kappa shape index (κ2) is 19.5. The fourth-order valence-electron chi connectivity index (χ4n) is 5.71. The van der Waals surface area contributed by atoms with Crippen LogP contribution in [0, 0.1) is 23.7 Å². The van der Waals surface area contributed by atoms with Crippen LogP contribution in [0.2, 0.25) is 0 Å². The van der Waals surface area contributed by atoms with Gasteiger partial charge in [0.15, 0.2) is 0 Å². The summed E-state index contributed by atoms with van der Waals surface area (Å²) >= 11 is 2.22. The van der Waals surface area contributed by atoms with Gasteiger partial charge in [-0.25, -0.2) is 9.97 Å². The van der Waals surface area contributed by atoms with E-state index in [9.17, 15) is 39.0 Å². The molecular formula is C36H56N8O8S2. The zero-order valence-corrected chi connectivity index (χ0v) is 34.2. The van der Waals surface area contributed by atoms with E-state index in [1.54, 1.807) is 13.8 Å². The summed E-state index contributed by atoms with van der Waals surface area (Å²) in [6.07, 6.45) is -1.68. The number of amides is 6. The maximum absolute atomic E-state index is 13.7. The van der Waals surface area contributed by atoms with E-state index in [-0.39, 0.29) is 35.1 Å². The molecule has 300 valence electrons. The monoisotopic (exact) mass is 792 g/mol. The molecule has 2 aromatic rings. The molecule has 3 rings (SSSR count). The molecule has 18 heteroatoms. The SMILES string of the molecule is CCC(C)[C@@H]1NC(=O)c2csc(n2)[C@@H](C(C)C)NC(=O)[C@H]([C@@H](C)O)NC(=O)[C@H](C(C)CC)NC(=O)c2csc(n2)[C@H](C(C)C)NC(=O)[C@H]([C@@H](C)O)NC1=O. The Morgan fingerprint density at radius 3 is 1.09 bits per heavy atom. The smallest absolute Gasteiger partial charge is 0.271 e. The van der Waals surface area contributed by atoms with Gasteiger partial charge in [0.05, 0.1) is 24.3 Å². The van der Waals surface area contributed by atoms with Crippen LogP contribution in [0.5, 0.6) is 0 Å². The minimum absolute atomic E-state index is 0.00890. The van der Waals surface area contributed by atoms with Crippen molar-refractivity contribution >= 4 is 58.1 Å². The number of thiazole rings is 2. The number of aromatic nitrogens is 2. The van der Waals surface area contributed by atoms with Crippen molar-refractivity contribution in [1.29, 1.82) is 0 Å². The van der Waals surface area contributed by atoms with E-state index >= 15 is 0 Å². The van der Waals surface area contributed by atoms with Crippen LogP contribution in [0.15, 0.2) is 10.8 Å². The lowest BCUT2D eigenvalue weighted by Crippen LogP contribution is -2.59. The van der Waals surface area contributed by atoms with Crippen LogP contribution in [0.1, 0.15) is 125 Å². The third kappa shape index (κ3) is 11.0. The fraction of sp³-hybridized carbons (Fsp3) is 0.667. The molecule has 6 amide bonds. The highest BCUT2D eigenvalue weighted by Gasteiger charge is 2.37. The van der Waals surface area contributed by atoms with Crippen LogP contribution in [0.4, 0.5) is 0 Å². The third-order valence-electron chi connectivity index (χ3n) is 9.66. The van der Waals surface area contributed by atoms with Gasteiger partial charge in [-0.15, -0.1) is 22.7 Å². The lowest BCUT2D eigenvalue weighted by atomic mass is 9.97. The molecule has 8 N–H and O–H groups in total. The number of nitrogens with zero attached hydrogens (tertiary/aromatic N) is 2. The van der Waals surface area contributed by atoms with Crippen molar-refractivity contribution in [2.75, 3.05) is 0 Å². The van der Waals surface area contributed by atoms with Crippen LogP contribution in [0.25, 0.3) is 0 Å². The largest absolute Gasteiger partial charge is 0.391 e. The predicted octanol–water partition coefficient (Wildman–Crippen LogP) is 1.96. The number of aliphatic hydroxyl groups excluding tert-OH is 2. The van der Waals surface area contributed by atoms with Crippen LogP contribution in [-0.2, 0) is 19.2 Å². The number of rotatable bonds is 8. The lowest BCUT2D eigenvalue weighted by Gasteiger charge is -2.29.